The van der Waals surface area contributed by atoms with E-state index in [1.165, 1.54) is 4.90 Å². The van der Waals surface area contributed by atoms with Crippen LogP contribution in [0.4, 0.5) is 4.79 Å². The van der Waals surface area contributed by atoms with Crippen molar-refractivity contribution in [3.8, 4) is 0 Å². The normalized spacial score (nSPS) is 18.5. The minimum atomic E-state index is -1.54. The number of esters is 1. The van der Waals surface area contributed by atoms with Gasteiger partial charge in [-0.2, -0.15) is 0 Å². The van der Waals surface area contributed by atoms with Gasteiger partial charge in [0.25, 0.3) is 0 Å². The average Bonchev–Trinajstić information content (AvgIpc) is 2.29. The fourth-order valence-electron chi connectivity index (χ4n) is 1.88. The van der Waals surface area contributed by atoms with Crippen molar-refractivity contribution in [3.63, 3.8) is 0 Å². The molecule has 1 heterocycles. The van der Waals surface area contributed by atoms with Crippen LogP contribution in [0, 0.1) is 5.41 Å². The van der Waals surface area contributed by atoms with Crippen molar-refractivity contribution in [2.24, 2.45) is 5.41 Å². The number of carbonyl (C=O) groups excluding carboxylic acids is 2. The Labute approximate surface area is 100 Å². The molecular weight excluding hydrogens is 225 g/mol. The van der Waals surface area contributed by atoms with E-state index in [2.05, 4.69) is 0 Å². The summed E-state index contributed by atoms with van der Waals surface area (Å²) in [6, 6.07) is 0. The molecule has 17 heavy (non-hydrogen) atoms. The van der Waals surface area contributed by atoms with E-state index < -0.39 is 23.2 Å². The lowest BCUT2D eigenvalue weighted by atomic mass is 9.78. The van der Waals surface area contributed by atoms with Crippen LogP contribution in [0.2, 0.25) is 0 Å². The Morgan fingerprint density at radius 2 is 1.88 bits per heavy atom. The van der Waals surface area contributed by atoms with E-state index in [0.29, 0.717) is 0 Å². The molecule has 1 amide bonds. The number of amides is 1. The highest BCUT2D eigenvalue weighted by molar-refractivity contribution is 6.56. The summed E-state index contributed by atoms with van der Waals surface area (Å²) in [6.07, 6.45) is 0.0637. The maximum atomic E-state index is 11.7. The monoisotopic (exact) mass is 239 g/mol. The second-order valence-corrected chi connectivity index (χ2v) is 3.93. The third-order valence-electron chi connectivity index (χ3n) is 3.00. The number of carbonyl (C=O) groups is 3. The standard InChI is InChI=1S/C10H14BNO5/c1-2-17-8(15)10(7(13)14)3-5-12(6-4-10)9(11)16/h2-6H2,1H3,(H,13,14). The van der Waals surface area contributed by atoms with Crippen molar-refractivity contribution in [1.29, 1.82) is 0 Å². The van der Waals surface area contributed by atoms with Crippen molar-refractivity contribution in [2.45, 2.75) is 19.8 Å². The van der Waals surface area contributed by atoms with Crippen LogP contribution in [0.1, 0.15) is 19.8 Å². The Morgan fingerprint density at radius 3 is 2.24 bits per heavy atom. The third-order valence-corrected chi connectivity index (χ3v) is 3.00. The molecule has 0 bridgehead atoms. The minimum absolute atomic E-state index is 0.0319. The second-order valence-electron chi connectivity index (χ2n) is 3.93. The average molecular weight is 239 g/mol. The molecule has 1 rings (SSSR count). The van der Waals surface area contributed by atoms with Gasteiger partial charge in [0.1, 0.15) is 0 Å². The highest BCUT2D eigenvalue weighted by Gasteiger charge is 2.49. The molecule has 0 aromatic rings. The molecule has 0 unspecified atom stereocenters. The number of carboxylic acids is 1. The van der Waals surface area contributed by atoms with E-state index in [4.69, 9.17) is 12.6 Å². The lowest BCUT2D eigenvalue weighted by Crippen LogP contribution is -2.50. The molecule has 1 aliphatic heterocycles. The van der Waals surface area contributed by atoms with E-state index in [1.54, 1.807) is 6.92 Å². The van der Waals surface area contributed by atoms with Crippen molar-refractivity contribution < 1.29 is 24.2 Å². The lowest BCUT2D eigenvalue weighted by molar-refractivity contribution is -0.171. The molecule has 7 heteroatoms. The second kappa shape index (κ2) is 5.20. The van der Waals surface area contributed by atoms with E-state index in [-0.39, 0.29) is 32.5 Å². The van der Waals surface area contributed by atoms with Gasteiger partial charge < -0.3 is 14.7 Å². The zero-order chi connectivity index (χ0) is 13.1. The number of carboxylic acid groups (broad SMARTS) is 1. The SMILES string of the molecule is [B]C(=O)N1CCC(C(=O)O)(C(=O)OCC)CC1. The van der Waals surface area contributed by atoms with E-state index in [9.17, 15) is 19.5 Å². The number of piperidine rings is 1. The van der Waals surface area contributed by atoms with Crippen molar-refractivity contribution in [2.75, 3.05) is 19.7 Å². The van der Waals surface area contributed by atoms with Crippen molar-refractivity contribution in [1.82, 2.24) is 4.90 Å². The Kier molecular flexibility index (Phi) is 4.14. The summed E-state index contributed by atoms with van der Waals surface area (Å²) in [7, 11) is 5.09. The molecular formula is C10H14BNO5. The summed E-state index contributed by atoms with van der Waals surface area (Å²) < 4.78 is 4.79. The first-order chi connectivity index (χ1) is 7.94. The maximum Gasteiger partial charge on any atom is 0.323 e. The molecule has 0 aromatic heterocycles. The van der Waals surface area contributed by atoms with Crippen LogP contribution in [0.25, 0.3) is 0 Å². The molecule has 1 aliphatic rings. The number of hydrogen-bond acceptors (Lipinski definition) is 4. The first-order valence-corrected chi connectivity index (χ1v) is 5.39. The van der Waals surface area contributed by atoms with E-state index in [0.717, 1.165) is 0 Å². The van der Waals surface area contributed by atoms with Crippen LogP contribution in [0.3, 0.4) is 0 Å². The van der Waals surface area contributed by atoms with Gasteiger partial charge in [-0.3, -0.25) is 14.4 Å². The largest absolute Gasteiger partial charge is 0.480 e. The summed E-state index contributed by atoms with van der Waals surface area (Å²) in [5, 5.41) is 9.18. The Balaban J connectivity index is 2.80. The van der Waals surface area contributed by atoms with E-state index >= 15 is 0 Å². The molecule has 0 atom stereocenters. The van der Waals surface area contributed by atoms with Gasteiger partial charge in [0.15, 0.2) is 11.2 Å². The number of aliphatic carboxylic acids is 1. The molecule has 1 N–H and O–H groups in total. The topological polar surface area (TPSA) is 83.9 Å². The molecule has 0 aromatic carbocycles. The van der Waals surface area contributed by atoms with Gasteiger partial charge in [0, 0.05) is 13.1 Å². The number of nitrogens with zero attached hydrogens (tertiary/aromatic N) is 1. The fraction of sp³-hybridized carbons (Fsp3) is 0.700. The van der Waals surface area contributed by atoms with Crippen molar-refractivity contribution >= 4 is 25.6 Å². The summed E-state index contributed by atoms with van der Waals surface area (Å²) in [5.41, 5.74) is -1.54. The zero-order valence-corrected chi connectivity index (χ0v) is 9.64. The molecule has 0 saturated carbocycles. The summed E-state index contributed by atoms with van der Waals surface area (Å²) in [5.74, 6) is -2.55. The molecule has 0 spiro atoms. The fourth-order valence-corrected chi connectivity index (χ4v) is 1.88. The van der Waals surface area contributed by atoms with Gasteiger partial charge in [-0.05, 0) is 19.8 Å². The van der Waals surface area contributed by atoms with Gasteiger partial charge in [0.2, 0.25) is 7.85 Å². The van der Waals surface area contributed by atoms with Gasteiger partial charge in [0.05, 0.1) is 6.61 Å². The molecule has 2 radical (unpaired) electrons. The Bertz CT molecular complexity index is 336. The Morgan fingerprint density at radius 1 is 1.35 bits per heavy atom. The van der Waals surface area contributed by atoms with Crippen LogP contribution in [-0.2, 0) is 14.3 Å². The molecule has 1 fully saturated rings. The molecule has 6 nitrogen and oxygen atoms in total. The maximum absolute atomic E-state index is 11.7. The minimum Gasteiger partial charge on any atom is -0.480 e. The lowest BCUT2D eigenvalue weighted by Gasteiger charge is -2.36. The van der Waals surface area contributed by atoms with Gasteiger partial charge in [-0.1, -0.05) is 0 Å². The number of rotatable bonds is 3. The highest BCUT2D eigenvalue weighted by atomic mass is 16.5. The van der Waals surface area contributed by atoms with Gasteiger partial charge in [-0.15, -0.1) is 0 Å². The van der Waals surface area contributed by atoms with Crippen LogP contribution >= 0.6 is 0 Å². The summed E-state index contributed by atoms with van der Waals surface area (Å²) in [6.45, 7) is 2.06. The first kappa shape index (κ1) is 13.5. The molecule has 0 aliphatic carbocycles. The van der Waals surface area contributed by atoms with Crippen LogP contribution < -0.4 is 0 Å². The predicted octanol–water partition coefficient (Wildman–Crippen LogP) is 0.00480. The Hall–Kier alpha value is -1.53. The number of hydrogen-bond donors (Lipinski definition) is 1. The first-order valence-electron chi connectivity index (χ1n) is 5.39. The zero-order valence-electron chi connectivity index (χ0n) is 9.64. The quantitative estimate of drug-likeness (QED) is 0.426. The smallest absolute Gasteiger partial charge is 0.323 e. The van der Waals surface area contributed by atoms with Crippen LogP contribution in [-0.4, -0.2) is 55.3 Å². The summed E-state index contributed by atoms with van der Waals surface area (Å²) in [4.78, 5) is 35.2. The molecule has 92 valence electrons. The van der Waals surface area contributed by atoms with E-state index in [1.807, 2.05) is 0 Å². The highest BCUT2D eigenvalue weighted by Crippen LogP contribution is 2.33. The van der Waals surface area contributed by atoms with Gasteiger partial charge >= 0.3 is 11.9 Å². The number of likely N-dealkylation sites (tertiary alicyclic amines) is 1. The van der Waals surface area contributed by atoms with Crippen molar-refractivity contribution in [3.05, 3.63) is 0 Å². The third kappa shape index (κ3) is 2.59. The molecule has 1 saturated heterocycles. The number of ether oxygens (including phenoxy) is 1. The summed E-state index contributed by atoms with van der Waals surface area (Å²) >= 11 is 0. The van der Waals surface area contributed by atoms with Crippen LogP contribution in [0.15, 0.2) is 0 Å². The predicted molar refractivity (Wildman–Crippen MR) is 58.7 cm³/mol. The van der Waals surface area contributed by atoms with Crippen LogP contribution in [0.5, 0.6) is 0 Å². The van der Waals surface area contributed by atoms with Gasteiger partial charge in [-0.25, -0.2) is 0 Å².